The van der Waals surface area contributed by atoms with Gasteiger partial charge in [-0.05, 0) is 18.1 Å². The lowest BCUT2D eigenvalue weighted by Gasteiger charge is -2.14. The number of benzene rings is 1. The van der Waals surface area contributed by atoms with Gasteiger partial charge in [-0.15, -0.1) is 0 Å². The summed E-state index contributed by atoms with van der Waals surface area (Å²) in [4.78, 5) is 16.1. The van der Waals surface area contributed by atoms with Gasteiger partial charge in [-0.1, -0.05) is 18.2 Å². The Labute approximate surface area is 122 Å². The van der Waals surface area contributed by atoms with E-state index in [0.29, 0.717) is 19.5 Å². The highest BCUT2D eigenvalue weighted by Gasteiger charge is 2.27. The topological polar surface area (TPSA) is 79.2 Å². The molecule has 1 aromatic carbocycles. The first-order chi connectivity index (χ1) is 10.2. The standard InChI is InChI=1S/C15H18N4O2/c20-12-7-13(17-9-12)15(21)18-8-11-3-1-2-4-14(11)19-6-5-16-10-19/h1-6,10,12-13,17,20H,7-9H2,(H,18,21)/t12-,13+/m1/s1. The molecular weight excluding hydrogens is 268 g/mol. The van der Waals surface area contributed by atoms with Crippen molar-refractivity contribution in [1.29, 1.82) is 0 Å². The smallest absolute Gasteiger partial charge is 0.237 e. The molecule has 1 fully saturated rings. The summed E-state index contributed by atoms with van der Waals surface area (Å²) >= 11 is 0. The number of aliphatic hydroxyl groups is 1. The average Bonchev–Trinajstić information content (AvgIpc) is 3.16. The third-order valence-corrected chi connectivity index (χ3v) is 3.65. The number of imidazole rings is 1. The van der Waals surface area contributed by atoms with Crippen LogP contribution in [-0.4, -0.2) is 39.3 Å². The Hall–Kier alpha value is -2.18. The van der Waals surface area contributed by atoms with E-state index in [0.717, 1.165) is 11.3 Å². The third-order valence-electron chi connectivity index (χ3n) is 3.65. The number of carbonyl (C=O) groups is 1. The summed E-state index contributed by atoms with van der Waals surface area (Å²) in [5.74, 6) is -0.0769. The predicted octanol–water partition coefficient (Wildman–Crippen LogP) is 0.211. The Balaban J connectivity index is 1.67. The summed E-state index contributed by atoms with van der Waals surface area (Å²) in [7, 11) is 0. The van der Waals surface area contributed by atoms with Crippen molar-refractivity contribution >= 4 is 5.91 Å². The molecule has 1 saturated heterocycles. The number of hydrogen-bond donors (Lipinski definition) is 3. The molecule has 1 amide bonds. The van der Waals surface area contributed by atoms with Crippen LogP contribution in [0, 0.1) is 0 Å². The van der Waals surface area contributed by atoms with Crippen LogP contribution in [-0.2, 0) is 11.3 Å². The first-order valence-electron chi connectivity index (χ1n) is 6.99. The number of aromatic nitrogens is 2. The number of nitrogens with zero attached hydrogens (tertiary/aromatic N) is 2. The van der Waals surface area contributed by atoms with E-state index in [2.05, 4.69) is 15.6 Å². The molecule has 2 aromatic rings. The number of β-amino-alcohol motifs (C(OH)–C–C–N with tert-alkyl or cyclic N) is 1. The number of amides is 1. The van der Waals surface area contributed by atoms with E-state index in [1.165, 1.54) is 0 Å². The van der Waals surface area contributed by atoms with Gasteiger partial charge in [0.25, 0.3) is 0 Å². The first kappa shape index (κ1) is 13.8. The zero-order chi connectivity index (χ0) is 14.7. The minimum Gasteiger partial charge on any atom is -0.392 e. The van der Waals surface area contributed by atoms with E-state index < -0.39 is 6.10 Å². The lowest BCUT2D eigenvalue weighted by Crippen LogP contribution is -2.40. The summed E-state index contributed by atoms with van der Waals surface area (Å²) in [5.41, 5.74) is 2.01. The molecule has 0 spiro atoms. The molecule has 1 aliphatic rings. The highest BCUT2D eigenvalue weighted by Crippen LogP contribution is 2.14. The molecule has 0 radical (unpaired) electrons. The minimum absolute atomic E-state index is 0.0769. The molecule has 1 aliphatic heterocycles. The first-order valence-corrected chi connectivity index (χ1v) is 6.99. The summed E-state index contributed by atoms with van der Waals surface area (Å²) < 4.78 is 1.92. The Morgan fingerprint density at radius 3 is 3.05 bits per heavy atom. The Kier molecular flexibility index (Phi) is 3.98. The highest BCUT2D eigenvalue weighted by molar-refractivity contribution is 5.82. The monoisotopic (exact) mass is 286 g/mol. The van der Waals surface area contributed by atoms with Gasteiger partial charge in [0.15, 0.2) is 0 Å². The molecule has 0 bridgehead atoms. The minimum atomic E-state index is -0.431. The van der Waals surface area contributed by atoms with Gasteiger partial charge in [-0.25, -0.2) is 4.98 Å². The average molecular weight is 286 g/mol. The van der Waals surface area contributed by atoms with Gasteiger partial charge in [0.1, 0.15) is 0 Å². The number of aliphatic hydroxyl groups excluding tert-OH is 1. The van der Waals surface area contributed by atoms with Crippen molar-refractivity contribution < 1.29 is 9.90 Å². The van der Waals surface area contributed by atoms with Gasteiger partial charge in [0.2, 0.25) is 5.91 Å². The lowest BCUT2D eigenvalue weighted by atomic mass is 10.1. The molecule has 2 atom stereocenters. The summed E-state index contributed by atoms with van der Waals surface area (Å²) in [6, 6.07) is 7.56. The highest BCUT2D eigenvalue weighted by atomic mass is 16.3. The number of hydrogen-bond acceptors (Lipinski definition) is 4. The van der Waals surface area contributed by atoms with Crippen molar-refractivity contribution in [3.63, 3.8) is 0 Å². The van der Waals surface area contributed by atoms with Crippen molar-refractivity contribution in [3.05, 3.63) is 48.5 Å². The van der Waals surface area contributed by atoms with E-state index in [1.807, 2.05) is 35.0 Å². The Morgan fingerprint density at radius 1 is 1.48 bits per heavy atom. The second-order valence-corrected chi connectivity index (χ2v) is 5.17. The van der Waals surface area contributed by atoms with E-state index in [9.17, 15) is 9.90 Å². The van der Waals surface area contributed by atoms with E-state index in [4.69, 9.17) is 0 Å². The fourth-order valence-electron chi connectivity index (χ4n) is 2.54. The second-order valence-electron chi connectivity index (χ2n) is 5.17. The fourth-order valence-corrected chi connectivity index (χ4v) is 2.54. The van der Waals surface area contributed by atoms with Crippen molar-refractivity contribution in [2.75, 3.05) is 6.54 Å². The van der Waals surface area contributed by atoms with Crippen LogP contribution in [0.1, 0.15) is 12.0 Å². The molecule has 110 valence electrons. The molecule has 0 aliphatic carbocycles. The van der Waals surface area contributed by atoms with Crippen LogP contribution >= 0.6 is 0 Å². The summed E-state index contributed by atoms with van der Waals surface area (Å²) in [6.45, 7) is 0.922. The largest absolute Gasteiger partial charge is 0.392 e. The molecular formula is C15H18N4O2. The van der Waals surface area contributed by atoms with Crippen LogP contribution in [0.3, 0.4) is 0 Å². The molecule has 0 unspecified atom stereocenters. The molecule has 0 saturated carbocycles. The zero-order valence-corrected chi connectivity index (χ0v) is 11.6. The molecule has 3 N–H and O–H groups in total. The molecule has 21 heavy (non-hydrogen) atoms. The molecule has 6 heteroatoms. The normalized spacial score (nSPS) is 21.4. The van der Waals surface area contributed by atoms with Gasteiger partial charge in [-0.2, -0.15) is 0 Å². The molecule has 3 rings (SSSR count). The van der Waals surface area contributed by atoms with E-state index >= 15 is 0 Å². The van der Waals surface area contributed by atoms with Crippen LogP contribution < -0.4 is 10.6 Å². The second kappa shape index (κ2) is 6.07. The number of para-hydroxylation sites is 1. The fraction of sp³-hybridized carbons (Fsp3) is 0.333. The van der Waals surface area contributed by atoms with Crippen molar-refractivity contribution in [1.82, 2.24) is 20.2 Å². The van der Waals surface area contributed by atoms with Gasteiger partial charge >= 0.3 is 0 Å². The van der Waals surface area contributed by atoms with Crippen LogP contribution in [0.25, 0.3) is 5.69 Å². The maximum atomic E-state index is 12.1. The van der Waals surface area contributed by atoms with Gasteiger partial charge < -0.3 is 20.3 Å². The maximum Gasteiger partial charge on any atom is 0.237 e. The summed E-state index contributed by atoms with van der Waals surface area (Å²) in [6.07, 6.45) is 5.36. The van der Waals surface area contributed by atoms with Gasteiger partial charge in [0.05, 0.1) is 24.2 Å². The SMILES string of the molecule is O=C(NCc1ccccc1-n1ccnc1)[C@@H]1C[C@@H](O)CN1. The number of nitrogens with one attached hydrogen (secondary N) is 2. The lowest BCUT2D eigenvalue weighted by molar-refractivity contribution is -0.123. The quantitative estimate of drug-likeness (QED) is 0.751. The van der Waals surface area contributed by atoms with Crippen molar-refractivity contribution in [2.45, 2.75) is 25.1 Å². The van der Waals surface area contributed by atoms with Crippen molar-refractivity contribution in [2.24, 2.45) is 0 Å². The predicted molar refractivity (Wildman–Crippen MR) is 77.8 cm³/mol. The molecule has 2 heterocycles. The van der Waals surface area contributed by atoms with Crippen LogP contribution in [0.4, 0.5) is 0 Å². The van der Waals surface area contributed by atoms with Gasteiger partial charge in [-0.3, -0.25) is 4.79 Å². The maximum absolute atomic E-state index is 12.1. The number of rotatable bonds is 4. The van der Waals surface area contributed by atoms with E-state index in [-0.39, 0.29) is 11.9 Å². The molecule has 1 aromatic heterocycles. The van der Waals surface area contributed by atoms with Crippen molar-refractivity contribution in [3.8, 4) is 5.69 Å². The zero-order valence-electron chi connectivity index (χ0n) is 11.6. The summed E-state index contributed by atoms with van der Waals surface area (Å²) in [5, 5.41) is 15.4. The Morgan fingerprint density at radius 2 is 2.33 bits per heavy atom. The van der Waals surface area contributed by atoms with Crippen LogP contribution in [0.2, 0.25) is 0 Å². The van der Waals surface area contributed by atoms with E-state index in [1.54, 1.807) is 12.5 Å². The van der Waals surface area contributed by atoms with Gasteiger partial charge in [0, 0.05) is 25.5 Å². The van der Waals surface area contributed by atoms with Crippen LogP contribution in [0.15, 0.2) is 43.0 Å². The molecule has 6 nitrogen and oxygen atoms in total. The Bertz CT molecular complexity index is 612. The third kappa shape index (κ3) is 3.12. The number of carbonyl (C=O) groups excluding carboxylic acids is 1. The van der Waals surface area contributed by atoms with Crippen LogP contribution in [0.5, 0.6) is 0 Å².